The third kappa shape index (κ3) is 5.47. The second-order valence-corrected chi connectivity index (χ2v) is 11.6. The lowest BCUT2D eigenvalue weighted by Gasteiger charge is -2.46. The standard InChI is InChI=1S/C23H35N7O6S.CH4/c1-10-17-16(11(2)31)21(34)30(17)18(22(35)36)19(10)37-13-6-14(28(3)9-13)20(33)29-5-4-12(8-29)27-15(32)7-26-23(24)25;/h10-14,16-17,31H,4-9H2,1-3H3,(H,27,32)(H,35,36)(H4,24,25,26);1H4/t10-,11-,12+,13+,14+,16-,17-;/m1./s1. The van der Waals surface area contributed by atoms with Gasteiger partial charge in [-0.25, -0.2) is 9.79 Å². The number of carbonyl (C=O) groups excluding carboxylic acids is 3. The van der Waals surface area contributed by atoms with E-state index in [1.807, 2.05) is 18.9 Å². The molecule has 0 aromatic heterocycles. The number of aliphatic imine (C=N–C) groups is 1. The Morgan fingerprint density at radius 2 is 1.95 bits per heavy atom. The van der Waals surface area contributed by atoms with Crippen LogP contribution in [0, 0.1) is 11.8 Å². The highest BCUT2D eigenvalue weighted by Gasteiger charge is 2.60. The Hall–Kier alpha value is -2.84. The summed E-state index contributed by atoms with van der Waals surface area (Å²) in [7, 11) is 1.87. The molecule has 4 heterocycles. The molecule has 0 saturated carbocycles. The Balaban J connectivity index is 0.00000400. The second-order valence-electron chi connectivity index (χ2n) is 10.3. The van der Waals surface area contributed by atoms with Crippen molar-refractivity contribution in [1.82, 2.24) is 20.0 Å². The Kier molecular flexibility index (Phi) is 8.99. The van der Waals surface area contributed by atoms with Gasteiger partial charge in [-0.05, 0) is 26.8 Å². The first-order valence-corrected chi connectivity index (χ1v) is 13.3. The van der Waals surface area contributed by atoms with E-state index in [2.05, 4.69) is 10.3 Å². The molecule has 14 heteroatoms. The third-order valence-corrected chi connectivity index (χ3v) is 9.16. The van der Waals surface area contributed by atoms with Gasteiger partial charge in [0.2, 0.25) is 17.7 Å². The van der Waals surface area contributed by atoms with Gasteiger partial charge in [0.15, 0.2) is 5.96 Å². The molecule has 4 aliphatic heterocycles. The number of amides is 3. The van der Waals surface area contributed by atoms with Crippen molar-refractivity contribution < 1.29 is 29.4 Å². The average Bonchev–Trinajstić information content (AvgIpc) is 3.48. The van der Waals surface area contributed by atoms with Crippen molar-refractivity contribution in [3.63, 3.8) is 0 Å². The van der Waals surface area contributed by atoms with Crippen molar-refractivity contribution in [3.05, 3.63) is 10.6 Å². The van der Waals surface area contributed by atoms with Gasteiger partial charge in [0.25, 0.3) is 0 Å². The SMILES string of the molecule is C.C[C@@H](O)[C@H]1C(=O)N2C(C(=O)O)=C(S[C@H]3C[C@@H](C(=O)N4CC[C@H](NC(=O)CN=C(N)N)C4)N(C)C3)[C@H](C)[C@H]12. The Morgan fingerprint density at radius 3 is 2.55 bits per heavy atom. The van der Waals surface area contributed by atoms with E-state index in [4.69, 9.17) is 11.5 Å². The lowest BCUT2D eigenvalue weighted by atomic mass is 9.79. The van der Waals surface area contributed by atoms with Crippen LogP contribution in [0.4, 0.5) is 0 Å². The molecule has 38 heavy (non-hydrogen) atoms. The molecule has 0 aromatic carbocycles. The van der Waals surface area contributed by atoms with Gasteiger partial charge in [-0.2, -0.15) is 0 Å². The number of carboxylic acids is 1. The molecule has 3 amide bonds. The lowest BCUT2D eigenvalue weighted by Crippen LogP contribution is -2.63. The fraction of sp³-hybridized carbons (Fsp3) is 0.708. The topological polar surface area (TPSA) is 195 Å². The molecule has 7 N–H and O–H groups in total. The number of hydrogen-bond acceptors (Lipinski definition) is 8. The van der Waals surface area contributed by atoms with Crippen LogP contribution in [0.3, 0.4) is 0 Å². The average molecular weight is 554 g/mol. The van der Waals surface area contributed by atoms with E-state index in [0.717, 1.165) is 0 Å². The summed E-state index contributed by atoms with van der Waals surface area (Å²) in [6, 6.07) is -0.890. The molecular formula is C24H39N7O6S. The molecule has 0 bridgehead atoms. The molecule has 0 aliphatic carbocycles. The van der Waals surface area contributed by atoms with Crippen molar-refractivity contribution in [1.29, 1.82) is 0 Å². The first kappa shape index (κ1) is 29.7. The van der Waals surface area contributed by atoms with Crippen LogP contribution >= 0.6 is 11.8 Å². The smallest absolute Gasteiger partial charge is 0.353 e. The number of nitrogens with zero attached hydrogens (tertiary/aromatic N) is 4. The largest absolute Gasteiger partial charge is 0.477 e. The summed E-state index contributed by atoms with van der Waals surface area (Å²) in [5, 5.41) is 22.7. The van der Waals surface area contributed by atoms with Crippen LogP contribution in [0.2, 0.25) is 0 Å². The predicted molar refractivity (Wildman–Crippen MR) is 143 cm³/mol. The summed E-state index contributed by atoms with van der Waals surface area (Å²) in [6.07, 6.45) is 0.325. The number of rotatable bonds is 8. The lowest BCUT2D eigenvalue weighted by molar-refractivity contribution is -0.163. The number of carbonyl (C=O) groups is 4. The number of nitrogens with two attached hydrogens (primary N) is 2. The van der Waals surface area contributed by atoms with Gasteiger partial charge >= 0.3 is 5.97 Å². The zero-order valence-corrected chi connectivity index (χ0v) is 22.0. The summed E-state index contributed by atoms with van der Waals surface area (Å²) in [6.45, 7) is 4.81. The maximum atomic E-state index is 13.3. The molecule has 7 atom stereocenters. The van der Waals surface area contributed by atoms with Crippen LogP contribution in [0.25, 0.3) is 0 Å². The van der Waals surface area contributed by atoms with Gasteiger partial charge < -0.3 is 36.8 Å². The molecule has 0 unspecified atom stereocenters. The molecule has 0 radical (unpaired) electrons. The first-order chi connectivity index (χ1) is 17.4. The molecule has 3 fully saturated rings. The number of likely N-dealkylation sites (tertiary alicyclic amines) is 2. The Morgan fingerprint density at radius 1 is 1.26 bits per heavy atom. The summed E-state index contributed by atoms with van der Waals surface area (Å²) in [4.78, 5) is 59.4. The Labute approximate surface area is 226 Å². The molecule has 4 aliphatic rings. The number of hydrogen-bond donors (Lipinski definition) is 5. The predicted octanol–water partition coefficient (Wildman–Crippen LogP) is -1.43. The minimum absolute atomic E-state index is 0. The van der Waals surface area contributed by atoms with Gasteiger partial charge in [0.05, 0.1) is 24.1 Å². The van der Waals surface area contributed by atoms with Crippen LogP contribution in [0.5, 0.6) is 0 Å². The van der Waals surface area contributed by atoms with Gasteiger partial charge in [-0.1, -0.05) is 14.4 Å². The van der Waals surface area contributed by atoms with Crippen molar-refractivity contribution in [2.75, 3.05) is 33.2 Å². The summed E-state index contributed by atoms with van der Waals surface area (Å²) in [5.41, 5.74) is 10.5. The Bertz CT molecular complexity index is 1050. The number of β-lactam (4-membered cyclic amide) rings is 1. The number of likely N-dealkylation sites (N-methyl/N-ethyl adjacent to an activating group) is 1. The number of aliphatic hydroxyl groups excluding tert-OH is 1. The van der Waals surface area contributed by atoms with Crippen molar-refractivity contribution in [3.8, 4) is 0 Å². The first-order valence-electron chi connectivity index (χ1n) is 12.4. The van der Waals surface area contributed by atoms with E-state index < -0.39 is 18.0 Å². The number of aliphatic hydroxyl groups is 1. The zero-order valence-electron chi connectivity index (χ0n) is 21.2. The van der Waals surface area contributed by atoms with Crippen LogP contribution in [0.15, 0.2) is 15.6 Å². The molecule has 212 valence electrons. The normalized spacial score (nSPS) is 31.4. The summed E-state index contributed by atoms with van der Waals surface area (Å²) >= 11 is 1.43. The van der Waals surface area contributed by atoms with Crippen LogP contribution in [-0.4, -0.2) is 117 Å². The summed E-state index contributed by atoms with van der Waals surface area (Å²) < 4.78 is 0. The van der Waals surface area contributed by atoms with E-state index in [1.165, 1.54) is 16.7 Å². The number of fused-ring (bicyclic) bond motifs is 1. The van der Waals surface area contributed by atoms with E-state index in [0.29, 0.717) is 37.4 Å². The van der Waals surface area contributed by atoms with Crippen molar-refractivity contribution >= 4 is 41.4 Å². The fourth-order valence-electron chi connectivity index (χ4n) is 5.91. The van der Waals surface area contributed by atoms with Gasteiger partial charge in [0.1, 0.15) is 12.2 Å². The van der Waals surface area contributed by atoms with Crippen molar-refractivity contribution in [2.45, 2.75) is 63.6 Å². The van der Waals surface area contributed by atoms with E-state index in [1.54, 1.807) is 11.8 Å². The molecule has 0 aromatic rings. The van der Waals surface area contributed by atoms with Crippen molar-refractivity contribution in [2.24, 2.45) is 28.3 Å². The number of thioether (sulfide) groups is 1. The second kappa shape index (κ2) is 11.5. The molecule has 13 nitrogen and oxygen atoms in total. The third-order valence-electron chi connectivity index (χ3n) is 7.67. The fourth-order valence-corrected chi connectivity index (χ4v) is 7.51. The number of guanidine groups is 1. The highest BCUT2D eigenvalue weighted by Crippen LogP contribution is 2.52. The minimum Gasteiger partial charge on any atom is -0.477 e. The molecule has 0 spiro atoms. The van der Waals surface area contributed by atoms with E-state index >= 15 is 0 Å². The number of aliphatic carboxylic acids is 1. The van der Waals surface area contributed by atoms with Crippen LogP contribution in [0.1, 0.15) is 34.1 Å². The number of nitrogens with one attached hydrogen (secondary N) is 1. The number of carboxylic acid groups (broad SMARTS) is 1. The minimum atomic E-state index is -1.15. The molecule has 4 rings (SSSR count). The highest BCUT2D eigenvalue weighted by atomic mass is 32.2. The van der Waals surface area contributed by atoms with Crippen LogP contribution < -0.4 is 16.8 Å². The van der Waals surface area contributed by atoms with Gasteiger partial charge in [0, 0.05) is 41.7 Å². The maximum absolute atomic E-state index is 13.3. The quantitative estimate of drug-likeness (QED) is 0.135. The maximum Gasteiger partial charge on any atom is 0.353 e. The highest BCUT2D eigenvalue weighted by molar-refractivity contribution is 8.03. The summed E-state index contributed by atoms with van der Waals surface area (Å²) in [5.74, 6) is -2.82. The monoisotopic (exact) mass is 553 g/mol. The molecule has 3 saturated heterocycles. The van der Waals surface area contributed by atoms with Gasteiger partial charge in [-0.3, -0.25) is 19.3 Å². The zero-order chi connectivity index (χ0) is 27.2. The van der Waals surface area contributed by atoms with E-state index in [-0.39, 0.29) is 72.6 Å². The van der Waals surface area contributed by atoms with E-state index in [9.17, 15) is 29.4 Å². The molecular weight excluding hydrogens is 514 g/mol. The van der Waals surface area contributed by atoms with Crippen LogP contribution in [-0.2, 0) is 19.2 Å². The van der Waals surface area contributed by atoms with Gasteiger partial charge in [-0.15, -0.1) is 11.8 Å².